The first-order valence-corrected chi connectivity index (χ1v) is 9.04. The highest BCUT2D eigenvalue weighted by atomic mass is 16.5. The van der Waals surface area contributed by atoms with E-state index >= 15 is 0 Å². The van der Waals surface area contributed by atoms with E-state index in [1.807, 2.05) is 12.1 Å². The predicted octanol–water partition coefficient (Wildman–Crippen LogP) is -0.382. The zero-order valence-corrected chi connectivity index (χ0v) is 14.3. The van der Waals surface area contributed by atoms with Crippen LogP contribution in [0.4, 0.5) is 5.69 Å². The normalized spacial score (nSPS) is 27.5. The number of fused-ring (bicyclic) bond motifs is 5. The molecule has 0 radical (unpaired) electrons. The van der Waals surface area contributed by atoms with E-state index in [0.29, 0.717) is 31.2 Å². The fourth-order valence-corrected chi connectivity index (χ4v) is 4.39. The Morgan fingerprint density at radius 3 is 2.88 bits per heavy atom. The molecule has 136 valence electrons. The number of amides is 3. The van der Waals surface area contributed by atoms with Crippen LogP contribution in [0.15, 0.2) is 12.1 Å². The molecule has 4 aliphatic heterocycles. The third-order valence-electron chi connectivity index (χ3n) is 5.73. The van der Waals surface area contributed by atoms with E-state index in [0.717, 1.165) is 36.6 Å². The second-order valence-corrected chi connectivity index (χ2v) is 7.20. The first-order valence-electron chi connectivity index (χ1n) is 9.04. The summed E-state index contributed by atoms with van der Waals surface area (Å²) in [6.45, 7) is 3.65. The summed E-state index contributed by atoms with van der Waals surface area (Å²) in [7, 11) is 0. The van der Waals surface area contributed by atoms with Gasteiger partial charge in [0.25, 0.3) is 5.91 Å². The van der Waals surface area contributed by atoms with Gasteiger partial charge in [0.05, 0.1) is 18.3 Å². The van der Waals surface area contributed by atoms with Crippen LogP contribution < -0.4 is 20.3 Å². The lowest BCUT2D eigenvalue weighted by Crippen LogP contribution is -2.55. The van der Waals surface area contributed by atoms with Gasteiger partial charge in [0, 0.05) is 37.2 Å². The third-order valence-corrected chi connectivity index (χ3v) is 5.73. The van der Waals surface area contributed by atoms with Crippen molar-refractivity contribution in [1.82, 2.24) is 15.5 Å². The van der Waals surface area contributed by atoms with Crippen LogP contribution in [0.1, 0.15) is 28.8 Å². The molecule has 0 aromatic heterocycles. The second kappa shape index (κ2) is 5.70. The molecule has 4 aliphatic rings. The molecule has 8 heteroatoms. The van der Waals surface area contributed by atoms with Gasteiger partial charge in [-0.3, -0.25) is 19.7 Å². The molecular weight excluding hydrogens is 336 g/mol. The van der Waals surface area contributed by atoms with Gasteiger partial charge in [-0.1, -0.05) is 0 Å². The van der Waals surface area contributed by atoms with Gasteiger partial charge in [0.2, 0.25) is 11.8 Å². The second-order valence-electron chi connectivity index (χ2n) is 7.20. The highest BCUT2D eigenvalue weighted by Gasteiger charge is 2.42. The Morgan fingerprint density at radius 2 is 2.04 bits per heavy atom. The lowest BCUT2D eigenvalue weighted by Gasteiger charge is -2.42. The number of carbonyl (C=O) groups is 3. The fourth-order valence-electron chi connectivity index (χ4n) is 4.39. The summed E-state index contributed by atoms with van der Waals surface area (Å²) in [5, 5.41) is 5.71. The molecule has 0 spiro atoms. The van der Waals surface area contributed by atoms with Crippen molar-refractivity contribution in [2.75, 3.05) is 31.1 Å². The first kappa shape index (κ1) is 15.6. The van der Waals surface area contributed by atoms with E-state index in [9.17, 15) is 14.4 Å². The lowest BCUT2D eigenvalue weighted by molar-refractivity contribution is -0.136. The summed E-state index contributed by atoms with van der Waals surface area (Å²) >= 11 is 0. The van der Waals surface area contributed by atoms with Gasteiger partial charge in [-0.05, 0) is 18.6 Å². The van der Waals surface area contributed by atoms with E-state index in [2.05, 4.69) is 15.5 Å². The number of carbonyl (C=O) groups excluding carboxylic acids is 3. The molecule has 0 saturated carbocycles. The van der Waals surface area contributed by atoms with Gasteiger partial charge in [-0.25, -0.2) is 0 Å². The van der Waals surface area contributed by atoms with E-state index in [4.69, 9.17) is 4.74 Å². The number of hydrogen-bond acceptors (Lipinski definition) is 6. The van der Waals surface area contributed by atoms with Crippen molar-refractivity contribution >= 4 is 23.4 Å². The number of benzene rings is 1. The monoisotopic (exact) mass is 356 g/mol. The van der Waals surface area contributed by atoms with Crippen LogP contribution in [0.2, 0.25) is 0 Å². The fraction of sp³-hybridized carbons (Fsp3) is 0.500. The van der Waals surface area contributed by atoms with Gasteiger partial charge in [-0.2, -0.15) is 0 Å². The molecule has 26 heavy (non-hydrogen) atoms. The summed E-state index contributed by atoms with van der Waals surface area (Å²) in [6, 6.07) is 3.50. The van der Waals surface area contributed by atoms with Crippen LogP contribution in [0.5, 0.6) is 5.75 Å². The maximum absolute atomic E-state index is 12.9. The molecule has 0 bridgehead atoms. The van der Waals surface area contributed by atoms with Crippen LogP contribution in [-0.4, -0.2) is 60.9 Å². The maximum atomic E-state index is 12.9. The summed E-state index contributed by atoms with van der Waals surface area (Å²) < 4.78 is 6.05. The quantitative estimate of drug-likeness (QED) is 0.667. The summed E-state index contributed by atoms with van der Waals surface area (Å²) in [5.41, 5.74) is 2.48. The van der Waals surface area contributed by atoms with Gasteiger partial charge in [-0.15, -0.1) is 0 Å². The Morgan fingerprint density at radius 1 is 1.15 bits per heavy atom. The zero-order valence-electron chi connectivity index (χ0n) is 14.3. The molecule has 2 saturated heterocycles. The largest absolute Gasteiger partial charge is 0.489 e. The minimum Gasteiger partial charge on any atom is -0.489 e. The molecule has 1 aromatic rings. The third kappa shape index (κ3) is 2.21. The smallest absolute Gasteiger partial charge is 0.255 e. The Hall–Kier alpha value is -2.61. The van der Waals surface area contributed by atoms with Crippen LogP contribution in [0.25, 0.3) is 0 Å². The van der Waals surface area contributed by atoms with Crippen LogP contribution in [0.3, 0.4) is 0 Å². The van der Waals surface area contributed by atoms with Crippen molar-refractivity contribution in [3.63, 3.8) is 0 Å². The highest BCUT2D eigenvalue weighted by Crippen LogP contribution is 2.43. The molecule has 3 amide bonds. The molecule has 4 heterocycles. The number of piperidine rings is 1. The van der Waals surface area contributed by atoms with Crippen LogP contribution >= 0.6 is 0 Å². The Kier molecular flexibility index (Phi) is 3.43. The van der Waals surface area contributed by atoms with Crippen molar-refractivity contribution in [3.05, 3.63) is 23.3 Å². The van der Waals surface area contributed by atoms with E-state index in [1.165, 1.54) is 0 Å². The topological polar surface area (TPSA) is 91.0 Å². The number of rotatable bonds is 1. The molecule has 0 aliphatic carbocycles. The average molecular weight is 356 g/mol. The molecule has 5 rings (SSSR count). The Bertz CT molecular complexity index is 824. The summed E-state index contributed by atoms with van der Waals surface area (Å²) in [5.74, 6) is -0.0626. The number of piperazine rings is 1. The van der Waals surface area contributed by atoms with Gasteiger partial charge >= 0.3 is 0 Å². The number of anilines is 1. The lowest BCUT2D eigenvalue weighted by atomic mass is 10.0. The molecule has 8 nitrogen and oxygen atoms in total. The molecule has 2 atom stereocenters. The SMILES string of the molecule is O=C1CC[C@@H](N2Cc3c(ccc4c3OC[C@H]3CNCCN43)C2=O)C(=O)N1. The van der Waals surface area contributed by atoms with Gasteiger partial charge in [0.15, 0.2) is 0 Å². The first-order chi connectivity index (χ1) is 12.6. The number of nitrogens with zero attached hydrogens (tertiary/aromatic N) is 2. The maximum Gasteiger partial charge on any atom is 0.255 e. The molecule has 2 fully saturated rings. The molecular formula is C18H20N4O4. The molecule has 0 unspecified atom stereocenters. The van der Waals surface area contributed by atoms with Crippen molar-refractivity contribution in [2.45, 2.75) is 31.5 Å². The van der Waals surface area contributed by atoms with Crippen molar-refractivity contribution in [2.24, 2.45) is 0 Å². The minimum absolute atomic E-state index is 0.164. The predicted molar refractivity (Wildman–Crippen MR) is 92.0 cm³/mol. The van der Waals surface area contributed by atoms with Gasteiger partial charge in [0.1, 0.15) is 18.4 Å². The van der Waals surface area contributed by atoms with Crippen molar-refractivity contribution in [3.8, 4) is 5.75 Å². The minimum atomic E-state index is -0.598. The van der Waals surface area contributed by atoms with Crippen molar-refractivity contribution < 1.29 is 19.1 Å². The summed E-state index contributed by atoms with van der Waals surface area (Å²) in [6.07, 6.45) is 0.626. The van der Waals surface area contributed by atoms with Crippen LogP contribution in [0, 0.1) is 0 Å². The van der Waals surface area contributed by atoms with Crippen molar-refractivity contribution in [1.29, 1.82) is 0 Å². The Balaban J connectivity index is 1.48. The number of ether oxygens (including phenoxy) is 1. The Labute approximate surface area is 150 Å². The van der Waals surface area contributed by atoms with E-state index in [-0.39, 0.29) is 24.1 Å². The van der Waals surface area contributed by atoms with Gasteiger partial charge < -0.3 is 19.9 Å². The average Bonchev–Trinajstić information content (AvgIpc) is 2.98. The van der Waals surface area contributed by atoms with Crippen LogP contribution in [-0.2, 0) is 16.1 Å². The zero-order chi connectivity index (χ0) is 17.8. The summed E-state index contributed by atoms with van der Waals surface area (Å²) in [4.78, 5) is 40.4. The molecule has 1 aromatic carbocycles. The number of imide groups is 1. The standard InChI is InChI=1S/C18H20N4O4/c23-15-4-3-14(17(24)20-15)22-8-12-11(18(22)25)1-2-13-16(12)26-9-10-7-19-5-6-21(10)13/h1-2,10,14,19H,3-9H2,(H,20,23,24)/t10-,14-/m1/s1. The highest BCUT2D eigenvalue weighted by molar-refractivity contribution is 6.06. The number of hydrogen-bond donors (Lipinski definition) is 2. The number of nitrogens with one attached hydrogen (secondary N) is 2. The molecule has 2 N–H and O–H groups in total. The van der Waals surface area contributed by atoms with E-state index < -0.39 is 6.04 Å². The van der Waals surface area contributed by atoms with E-state index in [1.54, 1.807) is 4.90 Å².